The number of hydrogen-bond donors (Lipinski definition) is 0. The van der Waals surface area contributed by atoms with E-state index in [0.717, 1.165) is 23.7 Å². The second kappa shape index (κ2) is 4.59. The summed E-state index contributed by atoms with van der Waals surface area (Å²) in [4.78, 5) is 0. The van der Waals surface area contributed by atoms with Gasteiger partial charge < -0.3 is 9.47 Å². The predicted molar refractivity (Wildman–Crippen MR) is 79.4 cm³/mol. The topological polar surface area (TPSA) is 18.5 Å². The molecule has 1 heterocycles. The van der Waals surface area contributed by atoms with Crippen molar-refractivity contribution in [3.05, 3.63) is 35.4 Å². The molecule has 0 atom stereocenters. The van der Waals surface area contributed by atoms with Crippen molar-refractivity contribution in [1.29, 1.82) is 0 Å². The van der Waals surface area contributed by atoms with Gasteiger partial charge in [0.1, 0.15) is 11.5 Å². The Morgan fingerprint density at radius 1 is 1.21 bits per heavy atom. The van der Waals surface area contributed by atoms with E-state index in [1.807, 2.05) is 0 Å². The highest BCUT2D eigenvalue weighted by molar-refractivity contribution is 5.70. The van der Waals surface area contributed by atoms with Crippen LogP contribution < -0.4 is 4.74 Å². The summed E-state index contributed by atoms with van der Waals surface area (Å²) in [6, 6.07) is 6.28. The second-order valence-corrected chi connectivity index (χ2v) is 6.92. The van der Waals surface area contributed by atoms with Gasteiger partial charge in [-0.2, -0.15) is 0 Å². The monoisotopic (exact) mass is 260 g/mol. The number of hydrogen-bond acceptors (Lipinski definition) is 2. The number of methoxy groups -OCH3 is 1. The Morgan fingerprint density at radius 2 is 1.89 bits per heavy atom. The fourth-order valence-electron chi connectivity index (χ4n) is 2.40. The Hall–Kier alpha value is -1.44. The average Bonchev–Trinajstić information content (AvgIpc) is 2.67. The zero-order chi connectivity index (χ0) is 14.3. The van der Waals surface area contributed by atoms with Gasteiger partial charge >= 0.3 is 0 Å². The average molecular weight is 260 g/mol. The fraction of sp³-hybridized carbons (Fsp3) is 0.529. The van der Waals surface area contributed by atoms with Gasteiger partial charge in [-0.1, -0.05) is 46.8 Å². The van der Waals surface area contributed by atoms with Gasteiger partial charge in [-0.05, 0) is 17.6 Å². The molecule has 0 radical (unpaired) electrons. The van der Waals surface area contributed by atoms with Gasteiger partial charge in [-0.15, -0.1) is 0 Å². The highest BCUT2D eigenvalue weighted by Crippen LogP contribution is 2.41. The molecule has 0 amide bonds. The Bertz CT molecular complexity index is 504. The van der Waals surface area contributed by atoms with Crippen LogP contribution >= 0.6 is 0 Å². The molecule has 2 heteroatoms. The molecule has 1 aliphatic rings. The molecule has 2 rings (SSSR count). The van der Waals surface area contributed by atoms with Crippen molar-refractivity contribution in [3.8, 4) is 5.75 Å². The largest absolute Gasteiger partial charge is 0.496 e. The molecule has 0 bridgehead atoms. The first-order chi connectivity index (χ1) is 8.74. The van der Waals surface area contributed by atoms with Crippen molar-refractivity contribution >= 4 is 5.76 Å². The molecular weight excluding hydrogens is 236 g/mol. The van der Waals surface area contributed by atoms with Crippen molar-refractivity contribution in [2.45, 2.75) is 40.0 Å². The third-order valence-corrected chi connectivity index (χ3v) is 3.41. The normalized spacial score (nSPS) is 17.9. The first kappa shape index (κ1) is 14.0. The van der Waals surface area contributed by atoms with E-state index in [-0.39, 0.29) is 10.8 Å². The lowest BCUT2D eigenvalue weighted by atomic mass is 9.84. The minimum atomic E-state index is 0.0516. The maximum absolute atomic E-state index is 5.85. The summed E-state index contributed by atoms with van der Waals surface area (Å²) >= 11 is 0. The maximum Gasteiger partial charge on any atom is 0.133 e. The summed E-state index contributed by atoms with van der Waals surface area (Å²) in [5.41, 5.74) is 2.41. The minimum absolute atomic E-state index is 0.0516. The van der Waals surface area contributed by atoms with Gasteiger partial charge in [0.25, 0.3) is 0 Å². The van der Waals surface area contributed by atoms with Crippen LogP contribution in [0.4, 0.5) is 0 Å². The molecule has 0 aliphatic carbocycles. The third kappa shape index (κ3) is 2.78. The van der Waals surface area contributed by atoms with Gasteiger partial charge in [-0.25, -0.2) is 0 Å². The van der Waals surface area contributed by atoms with Crippen LogP contribution in [0, 0.1) is 5.41 Å². The molecule has 0 spiro atoms. The summed E-state index contributed by atoms with van der Waals surface area (Å²) in [6.07, 6.45) is 2.19. The lowest BCUT2D eigenvalue weighted by Crippen LogP contribution is -2.13. The smallest absolute Gasteiger partial charge is 0.133 e. The van der Waals surface area contributed by atoms with Gasteiger partial charge in [0.05, 0.1) is 19.3 Å². The second-order valence-electron chi connectivity index (χ2n) is 6.92. The fourth-order valence-corrected chi connectivity index (χ4v) is 2.40. The first-order valence-corrected chi connectivity index (χ1v) is 6.78. The molecule has 1 aromatic rings. The molecule has 0 fully saturated rings. The Labute approximate surface area is 116 Å². The molecule has 1 aromatic carbocycles. The summed E-state index contributed by atoms with van der Waals surface area (Å²) in [5.74, 6) is 1.87. The number of benzene rings is 1. The zero-order valence-electron chi connectivity index (χ0n) is 12.8. The summed E-state index contributed by atoms with van der Waals surface area (Å²) in [6.45, 7) is 11.7. The molecule has 0 saturated heterocycles. The van der Waals surface area contributed by atoms with Crippen LogP contribution in [0.2, 0.25) is 0 Å². The van der Waals surface area contributed by atoms with E-state index in [1.54, 1.807) is 7.11 Å². The van der Waals surface area contributed by atoms with Crippen LogP contribution in [-0.2, 0) is 10.2 Å². The first-order valence-electron chi connectivity index (χ1n) is 6.78. The summed E-state index contributed by atoms with van der Waals surface area (Å²) < 4.78 is 11.5. The highest BCUT2D eigenvalue weighted by atomic mass is 16.5. The van der Waals surface area contributed by atoms with Crippen molar-refractivity contribution in [2.75, 3.05) is 13.7 Å². The van der Waals surface area contributed by atoms with Crippen LogP contribution in [0.1, 0.15) is 45.7 Å². The van der Waals surface area contributed by atoms with Gasteiger partial charge in [0.15, 0.2) is 0 Å². The van der Waals surface area contributed by atoms with Crippen molar-refractivity contribution in [3.63, 3.8) is 0 Å². The summed E-state index contributed by atoms with van der Waals surface area (Å²) in [7, 11) is 1.73. The highest BCUT2D eigenvalue weighted by Gasteiger charge is 2.29. The van der Waals surface area contributed by atoms with E-state index < -0.39 is 0 Å². The SMILES string of the molecule is COc1c(C2=CC(C)(C)CO2)cccc1C(C)(C)C. The summed E-state index contributed by atoms with van der Waals surface area (Å²) in [5, 5.41) is 0. The minimum Gasteiger partial charge on any atom is -0.496 e. The maximum atomic E-state index is 5.85. The Morgan fingerprint density at radius 3 is 2.37 bits per heavy atom. The van der Waals surface area contributed by atoms with Crippen molar-refractivity contribution < 1.29 is 9.47 Å². The number of rotatable bonds is 2. The molecule has 2 nitrogen and oxygen atoms in total. The van der Waals surface area contributed by atoms with Crippen molar-refractivity contribution in [2.24, 2.45) is 5.41 Å². The van der Waals surface area contributed by atoms with E-state index in [1.165, 1.54) is 5.56 Å². The molecule has 1 aliphatic heterocycles. The molecule has 0 saturated carbocycles. The number of para-hydroxylation sites is 1. The van der Waals surface area contributed by atoms with Crippen molar-refractivity contribution in [1.82, 2.24) is 0 Å². The standard InChI is InChI=1S/C17H24O2/c1-16(2,3)13-9-7-8-12(15(13)18-6)14-10-17(4,5)11-19-14/h7-10H,11H2,1-6H3. The Kier molecular flexibility index (Phi) is 3.38. The molecule has 0 N–H and O–H groups in total. The van der Waals surface area contributed by atoms with Gasteiger partial charge in [0, 0.05) is 11.0 Å². The van der Waals surface area contributed by atoms with Crippen LogP contribution in [-0.4, -0.2) is 13.7 Å². The molecule has 104 valence electrons. The van der Waals surface area contributed by atoms with Crippen LogP contribution in [0.3, 0.4) is 0 Å². The lowest BCUT2D eigenvalue weighted by molar-refractivity contribution is 0.226. The zero-order valence-corrected chi connectivity index (χ0v) is 12.8. The Balaban J connectivity index is 2.54. The van der Waals surface area contributed by atoms with E-state index in [2.05, 4.69) is 58.9 Å². The number of ether oxygens (including phenoxy) is 2. The van der Waals surface area contributed by atoms with E-state index in [4.69, 9.17) is 9.47 Å². The van der Waals surface area contributed by atoms with E-state index in [9.17, 15) is 0 Å². The van der Waals surface area contributed by atoms with E-state index in [0.29, 0.717) is 0 Å². The molecule has 19 heavy (non-hydrogen) atoms. The van der Waals surface area contributed by atoms with Crippen LogP contribution in [0.5, 0.6) is 5.75 Å². The third-order valence-electron chi connectivity index (χ3n) is 3.41. The van der Waals surface area contributed by atoms with Crippen LogP contribution in [0.15, 0.2) is 24.3 Å². The molecule has 0 unspecified atom stereocenters. The van der Waals surface area contributed by atoms with E-state index >= 15 is 0 Å². The molecule has 0 aromatic heterocycles. The van der Waals surface area contributed by atoms with Crippen LogP contribution in [0.25, 0.3) is 5.76 Å². The molecular formula is C17H24O2. The quantitative estimate of drug-likeness (QED) is 0.785. The predicted octanol–water partition coefficient (Wildman–Crippen LogP) is 4.39. The lowest BCUT2D eigenvalue weighted by Gasteiger charge is -2.24. The van der Waals surface area contributed by atoms with Gasteiger partial charge in [0.2, 0.25) is 0 Å². The van der Waals surface area contributed by atoms with Gasteiger partial charge in [-0.3, -0.25) is 0 Å².